The number of imide groups is 1. The van der Waals surface area contributed by atoms with Gasteiger partial charge in [0.15, 0.2) is 0 Å². The molecule has 0 unspecified atom stereocenters. The molecule has 0 N–H and O–H groups in total. The van der Waals surface area contributed by atoms with E-state index in [9.17, 15) is 9.59 Å². The molecule has 1 aromatic rings. The van der Waals surface area contributed by atoms with Crippen LogP contribution in [-0.4, -0.2) is 62.0 Å². The first-order valence-corrected chi connectivity index (χ1v) is 11.0. The van der Waals surface area contributed by atoms with E-state index in [-0.39, 0.29) is 23.8 Å². The Morgan fingerprint density at radius 2 is 1.80 bits per heavy atom. The fourth-order valence-corrected chi connectivity index (χ4v) is 7.80. The van der Waals surface area contributed by atoms with Gasteiger partial charge >= 0.3 is 154 Å². The average Bonchev–Trinajstić information content (AvgIpc) is 3.11. The molecule has 1 aliphatic carbocycles. The first-order chi connectivity index (χ1) is 12.1. The van der Waals surface area contributed by atoms with Gasteiger partial charge in [0.25, 0.3) is 0 Å². The summed E-state index contributed by atoms with van der Waals surface area (Å²) in [5.41, 5.74) is 0. The molecule has 2 amide bonds. The third kappa shape index (κ3) is 2.42. The van der Waals surface area contributed by atoms with Crippen molar-refractivity contribution in [3.05, 3.63) is 30.3 Å². The summed E-state index contributed by atoms with van der Waals surface area (Å²) in [6, 6.07) is 11.2. The van der Waals surface area contributed by atoms with Crippen LogP contribution in [0.15, 0.2) is 30.3 Å². The second-order valence-electron chi connectivity index (χ2n) is 7.67. The molecule has 0 spiro atoms. The molecule has 4 fully saturated rings. The molecule has 5 rings (SSSR count). The molecule has 1 aromatic carbocycles. The number of hydrogen-bond donors (Lipinski definition) is 0. The number of carbonyl (C=O) groups excluding carboxylic acids is 2. The number of likely N-dealkylation sites (tertiary alicyclic amines) is 1. The molecule has 3 saturated heterocycles. The van der Waals surface area contributed by atoms with E-state index in [0.717, 1.165) is 12.8 Å². The third-order valence-corrected chi connectivity index (χ3v) is 9.22. The first-order valence-electron chi connectivity index (χ1n) is 9.11. The molecule has 5 nitrogen and oxygen atoms in total. The van der Waals surface area contributed by atoms with Gasteiger partial charge in [0.1, 0.15) is 0 Å². The zero-order chi connectivity index (χ0) is 17.1. The summed E-state index contributed by atoms with van der Waals surface area (Å²) in [6.45, 7) is 0. The van der Waals surface area contributed by atoms with Crippen LogP contribution in [0.1, 0.15) is 25.7 Å². The summed E-state index contributed by atoms with van der Waals surface area (Å²) >= 11 is 0.394. The fourth-order valence-electron chi connectivity index (χ4n) is 5.06. The van der Waals surface area contributed by atoms with E-state index in [0.29, 0.717) is 31.7 Å². The maximum atomic E-state index is 12.5. The van der Waals surface area contributed by atoms with Crippen LogP contribution in [-0.2, 0) is 14.4 Å². The average molecular weight is 405 g/mol. The Morgan fingerprint density at radius 1 is 1.04 bits per heavy atom. The SMILES string of the molecule is CN1C(=O)[C@H]2[C@H](ON3[C@@H]2C[C@@H]2CC[C@@H]([Se]c4ccccc4)[C@H]3C2)C1=O. The molecule has 6 atom stereocenters. The number of hydrogen-bond acceptors (Lipinski definition) is 4. The molecule has 0 radical (unpaired) electrons. The quantitative estimate of drug-likeness (QED) is 0.544. The fraction of sp³-hybridized carbons (Fsp3) is 0.579. The number of nitrogens with zero attached hydrogens (tertiary/aromatic N) is 2. The van der Waals surface area contributed by atoms with Gasteiger partial charge in [-0.2, -0.15) is 0 Å². The normalized spacial score (nSPS) is 40.3. The van der Waals surface area contributed by atoms with Crippen molar-refractivity contribution in [2.24, 2.45) is 11.8 Å². The Morgan fingerprint density at radius 3 is 2.60 bits per heavy atom. The predicted octanol–water partition coefficient (Wildman–Crippen LogP) is 0.976. The number of piperidine rings is 1. The Labute approximate surface area is 153 Å². The topological polar surface area (TPSA) is 49.9 Å². The van der Waals surface area contributed by atoms with Gasteiger partial charge in [-0.3, -0.25) is 0 Å². The van der Waals surface area contributed by atoms with Gasteiger partial charge in [0.05, 0.1) is 0 Å². The number of hydroxylamine groups is 2. The van der Waals surface area contributed by atoms with Gasteiger partial charge in [-0.25, -0.2) is 0 Å². The van der Waals surface area contributed by atoms with E-state index in [1.165, 1.54) is 22.2 Å². The van der Waals surface area contributed by atoms with Crippen molar-refractivity contribution in [3.63, 3.8) is 0 Å². The van der Waals surface area contributed by atoms with Gasteiger partial charge in [-0.1, -0.05) is 0 Å². The van der Waals surface area contributed by atoms with Crippen molar-refractivity contribution in [1.29, 1.82) is 0 Å². The van der Waals surface area contributed by atoms with Crippen LogP contribution in [0.2, 0.25) is 4.82 Å². The van der Waals surface area contributed by atoms with Crippen molar-refractivity contribution in [3.8, 4) is 0 Å². The number of amides is 2. The molecular formula is C19H22N2O3Se. The number of benzene rings is 1. The van der Waals surface area contributed by atoms with E-state index in [4.69, 9.17) is 4.84 Å². The van der Waals surface area contributed by atoms with E-state index in [1.54, 1.807) is 7.05 Å². The number of rotatable bonds is 2. The molecule has 1 saturated carbocycles. The summed E-state index contributed by atoms with van der Waals surface area (Å²) in [5.74, 6) is 0.174. The van der Waals surface area contributed by atoms with Crippen LogP contribution in [0.3, 0.4) is 0 Å². The van der Waals surface area contributed by atoms with Crippen LogP contribution in [0.4, 0.5) is 0 Å². The van der Waals surface area contributed by atoms with Gasteiger partial charge < -0.3 is 0 Å². The number of carbonyl (C=O) groups is 2. The summed E-state index contributed by atoms with van der Waals surface area (Å²) < 4.78 is 1.42. The van der Waals surface area contributed by atoms with Gasteiger partial charge in [-0.05, 0) is 0 Å². The molecular weight excluding hydrogens is 383 g/mol. The van der Waals surface area contributed by atoms with Gasteiger partial charge in [0, 0.05) is 0 Å². The van der Waals surface area contributed by atoms with Crippen molar-refractivity contribution in [2.75, 3.05) is 7.05 Å². The van der Waals surface area contributed by atoms with E-state index in [2.05, 4.69) is 35.4 Å². The van der Waals surface area contributed by atoms with Crippen LogP contribution in [0, 0.1) is 11.8 Å². The molecule has 3 aliphatic heterocycles. The Kier molecular flexibility index (Phi) is 3.79. The molecule has 3 heterocycles. The summed E-state index contributed by atoms with van der Waals surface area (Å²) in [6.07, 6.45) is 4.04. The van der Waals surface area contributed by atoms with Crippen molar-refractivity contribution in [1.82, 2.24) is 9.96 Å². The van der Waals surface area contributed by atoms with Crippen LogP contribution >= 0.6 is 0 Å². The Hall–Kier alpha value is -1.20. The molecule has 0 aromatic heterocycles. The molecule has 4 aliphatic rings. The second kappa shape index (κ2) is 5.91. The zero-order valence-corrected chi connectivity index (χ0v) is 15.9. The minimum atomic E-state index is -0.577. The molecule has 6 heteroatoms. The van der Waals surface area contributed by atoms with Crippen molar-refractivity contribution < 1.29 is 14.4 Å². The van der Waals surface area contributed by atoms with Crippen LogP contribution in [0.5, 0.6) is 0 Å². The zero-order valence-electron chi connectivity index (χ0n) is 14.2. The summed E-state index contributed by atoms with van der Waals surface area (Å²) in [5, 5.41) is 2.09. The molecule has 132 valence electrons. The monoisotopic (exact) mass is 406 g/mol. The maximum absolute atomic E-state index is 12.5. The Bertz CT molecular complexity index is 712. The molecule has 2 bridgehead atoms. The first kappa shape index (κ1) is 16.0. The van der Waals surface area contributed by atoms with Gasteiger partial charge in [0.2, 0.25) is 0 Å². The van der Waals surface area contributed by atoms with Crippen molar-refractivity contribution >= 4 is 31.2 Å². The van der Waals surface area contributed by atoms with E-state index in [1.807, 2.05) is 0 Å². The summed E-state index contributed by atoms with van der Waals surface area (Å²) in [7, 11) is 1.58. The van der Waals surface area contributed by atoms with E-state index < -0.39 is 6.10 Å². The van der Waals surface area contributed by atoms with Gasteiger partial charge in [-0.15, -0.1) is 0 Å². The third-order valence-electron chi connectivity index (χ3n) is 6.29. The Balaban J connectivity index is 1.41. The standard InChI is InChI=1S/C19H22N2O3Se/c1-20-18(22)16-14-10-11-7-8-15(25-12-5-3-2-4-6-12)13(9-11)21(14)24-17(16)19(20)23/h2-6,11,13-17H,7-10H2,1H3/t11-,13-,14-,15-,16-,17+/m1/s1. The summed E-state index contributed by atoms with van der Waals surface area (Å²) in [4.78, 5) is 32.9. The predicted molar refractivity (Wildman–Crippen MR) is 93.1 cm³/mol. The number of likely N-dealkylation sites (N-methyl/N-ethyl adjacent to an activating group) is 1. The van der Waals surface area contributed by atoms with E-state index >= 15 is 0 Å². The second-order valence-corrected chi connectivity index (χ2v) is 10.4. The van der Waals surface area contributed by atoms with Crippen LogP contribution < -0.4 is 4.46 Å². The minimum absolute atomic E-state index is 0.0485. The van der Waals surface area contributed by atoms with Crippen molar-refractivity contribution in [2.45, 2.75) is 48.7 Å². The van der Waals surface area contributed by atoms with Crippen LogP contribution in [0.25, 0.3) is 0 Å². The number of fused-ring (bicyclic) bond motifs is 6. The molecule has 25 heavy (non-hydrogen) atoms.